The van der Waals surface area contributed by atoms with E-state index in [4.69, 9.17) is 9.47 Å². The fraction of sp³-hybridized carbons (Fsp3) is 0.905. The number of hydrogen-bond acceptors (Lipinski definition) is 4. The number of ether oxygens (including phenoxy) is 2. The summed E-state index contributed by atoms with van der Waals surface area (Å²) < 4.78 is 11.4. The molecule has 1 unspecified atom stereocenters. The van der Waals surface area contributed by atoms with Gasteiger partial charge in [0.15, 0.2) is 6.04 Å². The molecule has 0 radical (unpaired) electrons. The van der Waals surface area contributed by atoms with Crippen LogP contribution in [0.5, 0.6) is 0 Å². The summed E-state index contributed by atoms with van der Waals surface area (Å²) in [5.74, 6) is 1.15. The highest BCUT2D eigenvalue weighted by molar-refractivity contribution is 5.80. The van der Waals surface area contributed by atoms with E-state index in [0.717, 1.165) is 37.0 Å². The van der Waals surface area contributed by atoms with Crippen LogP contribution >= 0.6 is 0 Å². The standard InChI is InChI=1S/C21H35NO5/c1-19(2,3)26-12-16(17(23)24)22-18(25)27-20(4,5)21-9-13-6-14(10-21)8-15(7-13)11-21/h13-16H,6-12H2,1-5H3,(H,22,25)(H,23,24). The van der Waals surface area contributed by atoms with Crippen molar-refractivity contribution in [3.8, 4) is 0 Å². The first-order chi connectivity index (χ1) is 12.4. The summed E-state index contributed by atoms with van der Waals surface area (Å²) in [6.07, 6.45) is 6.67. The number of carbonyl (C=O) groups is 2. The molecule has 1 atom stereocenters. The first kappa shape index (κ1) is 20.4. The fourth-order valence-corrected chi connectivity index (χ4v) is 5.87. The number of carboxylic acids is 1. The number of aliphatic carboxylic acids is 1. The van der Waals surface area contributed by atoms with Crippen LogP contribution in [0.3, 0.4) is 0 Å². The van der Waals surface area contributed by atoms with Crippen LogP contribution in [0.25, 0.3) is 0 Å². The molecule has 154 valence electrons. The number of rotatable bonds is 6. The largest absolute Gasteiger partial charge is 0.480 e. The zero-order chi connectivity index (χ0) is 20.0. The van der Waals surface area contributed by atoms with Crippen LogP contribution in [0.15, 0.2) is 0 Å². The maximum absolute atomic E-state index is 12.5. The molecule has 6 heteroatoms. The van der Waals surface area contributed by atoms with Crippen LogP contribution in [0, 0.1) is 23.2 Å². The molecule has 2 N–H and O–H groups in total. The molecule has 0 heterocycles. The third-order valence-electron chi connectivity index (χ3n) is 6.94. The van der Waals surface area contributed by atoms with Gasteiger partial charge in [0.05, 0.1) is 12.2 Å². The smallest absolute Gasteiger partial charge is 0.408 e. The number of alkyl carbamates (subject to hydrolysis) is 1. The van der Waals surface area contributed by atoms with E-state index in [2.05, 4.69) is 5.32 Å². The van der Waals surface area contributed by atoms with Gasteiger partial charge in [0.2, 0.25) is 0 Å². The van der Waals surface area contributed by atoms with E-state index >= 15 is 0 Å². The molecule has 0 spiro atoms. The van der Waals surface area contributed by atoms with Gasteiger partial charge in [-0.05, 0) is 90.9 Å². The van der Waals surface area contributed by atoms with Crippen molar-refractivity contribution in [2.75, 3.05) is 6.61 Å². The van der Waals surface area contributed by atoms with E-state index in [9.17, 15) is 14.7 Å². The molecule has 0 aromatic rings. The Morgan fingerprint density at radius 2 is 1.52 bits per heavy atom. The van der Waals surface area contributed by atoms with Crippen molar-refractivity contribution in [2.45, 2.75) is 90.4 Å². The molecular formula is C21H35NO5. The number of nitrogens with one attached hydrogen (secondary N) is 1. The van der Waals surface area contributed by atoms with Gasteiger partial charge in [-0.2, -0.15) is 0 Å². The van der Waals surface area contributed by atoms with E-state index in [0.29, 0.717) is 0 Å². The van der Waals surface area contributed by atoms with Crippen LogP contribution in [-0.2, 0) is 14.3 Å². The van der Waals surface area contributed by atoms with Crippen LogP contribution in [0.1, 0.15) is 73.1 Å². The highest BCUT2D eigenvalue weighted by atomic mass is 16.6. The van der Waals surface area contributed by atoms with Crippen molar-refractivity contribution < 1.29 is 24.2 Å². The second kappa shape index (κ2) is 6.94. The molecule has 0 aromatic heterocycles. The molecule has 1 amide bonds. The number of carboxylic acid groups (broad SMARTS) is 1. The van der Waals surface area contributed by atoms with Gasteiger partial charge in [-0.3, -0.25) is 0 Å². The number of amides is 1. The minimum absolute atomic E-state index is 0.0275. The molecule has 0 aliphatic heterocycles. The molecule has 4 saturated carbocycles. The minimum atomic E-state index is -1.12. The highest BCUT2D eigenvalue weighted by Crippen LogP contribution is 2.64. The van der Waals surface area contributed by atoms with E-state index in [1.807, 2.05) is 34.6 Å². The zero-order valence-corrected chi connectivity index (χ0v) is 17.3. The average Bonchev–Trinajstić information content (AvgIpc) is 2.48. The number of hydrogen-bond donors (Lipinski definition) is 2. The SMILES string of the molecule is CC(C)(C)OCC(NC(=O)OC(C)(C)C12CC3CC(CC(C3)C1)C2)C(=O)O. The summed E-state index contributed by atoms with van der Waals surface area (Å²) in [7, 11) is 0. The first-order valence-corrected chi connectivity index (χ1v) is 10.3. The van der Waals surface area contributed by atoms with Crippen molar-refractivity contribution in [3.05, 3.63) is 0 Å². The van der Waals surface area contributed by atoms with E-state index in [1.165, 1.54) is 19.3 Å². The van der Waals surface area contributed by atoms with Gasteiger partial charge in [0.1, 0.15) is 5.60 Å². The summed E-state index contributed by atoms with van der Waals surface area (Å²) in [5.41, 5.74) is -1.06. The Balaban J connectivity index is 1.63. The highest BCUT2D eigenvalue weighted by Gasteiger charge is 2.58. The topological polar surface area (TPSA) is 84.9 Å². The summed E-state index contributed by atoms with van der Waals surface area (Å²) in [4.78, 5) is 24.0. The van der Waals surface area contributed by atoms with Gasteiger partial charge in [-0.15, -0.1) is 0 Å². The lowest BCUT2D eigenvalue weighted by Crippen LogP contribution is -2.58. The molecule has 4 rings (SSSR count). The van der Waals surface area contributed by atoms with Crippen LogP contribution < -0.4 is 5.32 Å². The molecule has 4 aliphatic rings. The normalized spacial score (nSPS) is 33.6. The number of carbonyl (C=O) groups excluding carboxylic acids is 1. The molecule has 0 aromatic carbocycles. The maximum Gasteiger partial charge on any atom is 0.408 e. The zero-order valence-electron chi connectivity index (χ0n) is 17.3. The Morgan fingerprint density at radius 3 is 1.93 bits per heavy atom. The predicted molar refractivity (Wildman–Crippen MR) is 101 cm³/mol. The maximum atomic E-state index is 12.5. The Morgan fingerprint density at radius 1 is 1.04 bits per heavy atom. The molecule has 27 heavy (non-hydrogen) atoms. The van der Waals surface area contributed by atoms with Crippen LogP contribution in [0.2, 0.25) is 0 Å². The minimum Gasteiger partial charge on any atom is -0.480 e. The summed E-state index contributed by atoms with van der Waals surface area (Å²) >= 11 is 0. The first-order valence-electron chi connectivity index (χ1n) is 10.3. The van der Waals surface area contributed by atoms with Gasteiger partial charge in [-0.25, -0.2) is 9.59 Å². The molecule has 4 aliphatic carbocycles. The third kappa shape index (κ3) is 4.41. The molecule has 6 nitrogen and oxygen atoms in total. The third-order valence-corrected chi connectivity index (χ3v) is 6.94. The van der Waals surface area contributed by atoms with Crippen LogP contribution in [0.4, 0.5) is 4.79 Å². The fourth-order valence-electron chi connectivity index (χ4n) is 5.87. The summed E-state index contributed by atoms with van der Waals surface area (Å²) in [6.45, 7) is 9.45. The lowest BCUT2D eigenvalue weighted by molar-refractivity contribution is -0.164. The van der Waals surface area contributed by atoms with Crippen molar-refractivity contribution in [2.24, 2.45) is 23.2 Å². The van der Waals surface area contributed by atoms with Crippen molar-refractivity contribution >= 4 is 12.1 Å². The quantitative estimate of drug-likeness (QED) is 0.727. The van der Waals surface area contributed by atoms with Gasteiger partial charge >= 0.3 is 12.1 Å². The Kier molecular flexibility index (Phi) is 5.26. The molecular weight excluding hydrogens is 346 g/mol. The van der Waals surface area contributed by atoms with E-state index in [-0.39, 0.29) is 12.0 Å². The predicted octanol–water partition coefficient (Wildman–Crippen LogP) is 3.98. The van der Waals surface area contributed by atoms with Gasteiger partial charge in [-0.1, -0.05) is 0 Å². The van der Waals surface area contributed by atoms with Gasteiger partial charge in [0.25, 0.3) is 0 Å². The lowest BCUT2D eigenvalue weighted by atomic mass is 9.46. The van der Waals surface area contributed by atoms with Gasteiger partial charge in [0, 0.05) is 5.41 Å². The Hall–Kier alpha value is -1.30. The summed E-state index contributed by atoms with van der Waals surface area (Å²) in [6, 6.07) is -1.12. The van der Waals surface area contributed by atoms with E-state index < -0.39 is 29.3 Å². The second-order valence-electron chi connectivity index (χ2n) is 10.6. The van der Waals surface area contributed by atoms with E-state index in [1.54, 1.807) is 0 Å². The second-order valence-corrected chi connectivity index (χ2v) is 10.6. The average molecular weight is 382 g/mol. The van der Waals surface area contributed by atoms with Crippen molar-refractivity contribution in [3.63, 3.8) is 0 Å². The molecule has 4 bridgehead atoms. The van der Waals surface area contributed by atoms with Crippen molar-refractivity contribution in [1.82, 2.24) is 5.32 Å². The monoisotopic (exact) mass is 381 g/mol. The van der Waals surface area contributed by atoms with Crippen molar-refractivity contribution in [1.29, 1.82) is 0 Å². The van der Waals surface area contributed by atoms with Crippen LogP contribution in [-0.4, -0.2) is 41.0 Å². The Bertz CT molecular complexity index is 557. The van der Waals surface area contributed by atoms with Gasteiger partial charge < -0.3 is 19.9 Å². The molecule has 4 fully saturated rings. The summed E-state index contributed by atoms with van der Waals surface area (Å²) in [5, 5.41) is 11.9. The Labute approximate surface area is 162 Å². The molecule has 0 saturated heterocycles. The lowest BCUT2D eigenvalue weighted by Gasteiger charge is -2.61.